The molecule has 2 unspecified atom stereocenters. The number of hydrogen-bond acceptors (Lipinski definition) is 9. The van der Waals surface area contributed by atoms with Crippen LogP contribution in [0.1, 0.15) is 51.4 Å². The van der Waals surface area contributed by atoms with Crippen LogP contribution in [-0.2, 0) is 34.9 Å². The number of halogens is 1. The van der Waals surface area contributed by atoms with E-state index in [9.17, 15) is 19.2 Å². The van der Waals surface area contributed by atoms with E-state index in [1.165, 1.54) is 16.2 Å². The Hall–Kier alpha value is -4.91. The standard InChI is InChI=1S/C32H34ClN7O6/c1-7-45-28(42)20-15-19(20)23-13-17(11-12-34-23)35-29-36-26-25(37(29)5)27(41)39(30(43)38(26)6)16-18-14-21-22(33)9-8-10-24(21)40(18)31(44)46-32(2,3)4/h8-14,19-20H,7,15-16H2,1-6H3,(H,34,35,36). The lowest BCUT2D eigenvalue weighted by molar-refractivity contribution is -0.144. The molecule has 14 heteroatoms. The predicted octanol–water partition coefficient (Wildman–Crippen LogP) is 4.68. The van der Waals surface area contributed by atoms with E-state index >= 15 is 0 Å². The fourth-order valence-electron chi connectivity index (χ4n) is 5.64. The quantitative estimate of drug-likeness (QED) is 0.249. The van der Waals surface area contributed by atoms with E-state index in [4.69, 9.17) is 21.1 Å². The summed E-state index contributed by atoms with van der Waals surface area (Å²) in [6.07, 6.45) is 1.65. The maximum Gasteiger partial charge on any atom is 0.419 e. The van der Waals surface area contributed by atoms with Gasteiger partial charge in [-0.2, -0.15) is 4.98 Å². The number of nitrogens with one attached hydrogen (secondary N) is 1. The Morgan fingerprint density at radius 2 is 1.87 bits per heavy atom. The summed E-state index contributed by atoms with van der Waals surface area (Å²) in [4.78, 5) is 62.1. The molecular weight excluding hydrogens is 614 g/mol. The number of pyridine rings is 1. The number of anilines is 2. The molecule has 0 spiro atoms. The summed E-state index contributed by atoms with van der Waals surface area (Å²) in [5.41, 5.74) is 0.627. The Morgan fingerprint density at radius 3 is 2.59 bits per heavy atom. The number of carbonyl (C=O) groups is 2. The highest BCUT2D eigenvalue weighted by atomic mass is 35.5. The molecule has 0 radical (unpaired) electrons. The summed E-state index contributed by atoms with van der Waals surface area (Å²) in [6.45, 7) is 7.14. The van der Waals surface area contributed by atoms with Gasteiger partial charge in [0.25, 0.3) is 5.56 Å². The number of esters is 1. The molecule has 5 aromatic rings. The van der Waals surface area contributed by atoms with E-state index in [0.29, 0.717) is 46.3 Å². The Labute approximate surface area is 268 Å². The van der Waals surface area contributed by atoms with Crippen LogP contribution in [0.5, 0.6) is 0 Å². The first-order chi connectivity index (χ1) is 21.8. The highest BCUT2D eigenvalue weighted by molar-refractivity contribution is 6.35. The summed E-state index contributed by atoms with van der Waals surface area (Å²) in [5, 5.41) is 4.22. The highest BCUT2D eigenvalue weighted by Crippen LogP contribution is 2.47. The van der Waals surface area contributed by atoms with Gasteiger partial charge in [-0.05, 0) is 64.4 Å². The van der Waals surface area contributed by atoms with Crippen molar-refractivity contribution in [2.45, 2.75) is 52.2 Å². The normalized spacial score (nSPS) is 16.2. The average Bonchev–Trinajstić information content (AvgIpc) is 3.61. The van der Waals surface area contributed by atoms with E-state index in [1.54, 1.807) is 75.8 Å². The van der Waals surface area contributed by atoms with Crippen LogP contribution < -0.4 is 16.6 Å². The molecule has 4 heterocycles. The monoisotopic (exact) mass is 647 g/mol. The minimum Gasteiger partial charge on any atom is -0.466 e. The molecule has 1 N–H and O–H groups in total. The van der Waals surface area contributed by atoms with Crippen LogP contribution in [0.3, 0.4) is 0 Å². The van der Waals surface area contributed by atoms with E-state index in [1.807, 2.05) is 6.07 Å². The first-order valence-electron chi connectivity index (χ1n) is 14.9. The molecule has 240 valence electrons. The van der Waals surface area contributed by atoms with Crippen LogP contribution in [0.4, 0.5) is 16.4 Å². The number of aryl methyl sites for hydroxylation is 2. The average molecular weight is 648 g/mol. The van der Waals surface area contributed by atoms with E-state index in [-0.39, 0.29) is 35.5 Å². The second kappa shape index (κ2) is 11.5. The van der Waals surface area contributed by atoms with Crippen LogP contribution in [0, 0.1) is 5.92 Å². The molecular formula is C32H34ClN7O6. The van der Waals surface area contributed by atoms with Gasteiger partial charge in [-0.3, -0.25) is 23.7 Å². The summed E-state index contributed by atoms with van der Waals surface area (Å²) in [7, 11) is 3.20. The van der Waals surface area contributed by atoms with Gasteiger partial charge in [0.1, 0.15) is 5.60 Å². The van der Waals surface area contributed by atoms with Gasteiger partial charge in [0.2, 0.25) is 5.95 Å². The van der Waals surface area contributed by atoms with Gasteiger partial charge < -0.3 is 19.4 Å². The molecule has 2 atom stereocenters. The first kappa shape index (κ1) is 31.1. The van der Waals surface area contributed by atoms with E-state index in [0.717, 1.165) is 10.3 Å². The molecule has 13 nitrogen and oxygen atoms in total. The fourth-order valence-corrected chi connectivity index (χ4v) is 5.86. The smallest absolute Gasteiger partial charge is 0.419 e. The third kappa shape index (κ3) is 5.55. The van der Waals surface area contributed by atoms with Crippen molar-refractivity contribution in [1.29, 1.82) is 0 Å². The number of hydrogen-bond donors (Lipinski definition) is 1. The van der Waals surface area contributed by atoms with E-state index in [2.05, 4.69) is 15.3 Å². The molecule has 1 saturated carbocycles. The van der Waals surface area contributed by atoms with Crippen molar-refractivity contribution in [3.63, 3.8) is 0 Å². The Balaban J connectivity index is 1.37. The van der Waals surface area contributed by atoms with Gasteiger partial charge in [-0.15, -0.1) is 0 Å². The zero-order valence-electron chi connectivity index (χ0n) is 26.3. The molecule has 1 aliphatic rings. The molecule has 1 aromatic carbocycles. The predicted molar refractivity (Wildman–Crippen MR) is 173 cm³/mol. The Bertz CT molecular complexity index is 2150. The van der Waals surface area contributed by atoms with Crippen molar-refractivity contribution in [1.82, 2.24) is 28.2 Å². The number of aromatic nitrogens is 6. The number of carbonyl (C=O) groups excluding carboxylic acids is 2. The second-order valence-corrected chi connectivity index (χ2v) is 12.7. The summed E-state index contributed by atoms with van der Waals surface area (Å²) >= 11 is 6.46. The van der Waals surface area contributed by atoms with Crippen molar-refractivity contribution in [2.75, 3.05) is 11.9 Å². The molecule has 6 rings (SSSR count). The fraction of sp³-hybridized carbons (Fsp3) is 0.375. The van der Waals surface area contributed by atoms with Crippen molar-refractivity contribution < 1.29 is 19.1 Å². The summed E-state index contributed by atoms with van der Waals surface area (Å²) in [5.74, 6) is -0.143. The van der Waals surface area contributed by atoms with Crippen LogP contribution in [0.25, 0.3) is 22.1 Å². The minimum atomic E-state index is -0.787. The number of rotatable bonds is 7. The second-order valence-electron chi connectivity index (χ2n) is 12.3. The lowest BCUT2D eigenvalue weighted by atomic mass is 10.2. The molecule has 0 aliphatic heterocycles. The lowest BCUT2D eigenvalue weighted by Crippen LogP contribution is -2.40. The molecule has 1 fully saturated rings. The summed E-state index contributed by atoms with van der Waals surface area (Å²) in [6, 6.07) is 10.4. The van der Waals surface area contributed by atoms with Gasteiger partial charge in [0, 0.05) is 48.0 Å². The minimum absolute atomic E-state index is 0.0274. The van der Waals surface area contributed by atoms with Gasteiger partial charge in [-0.1, -0.05) is 17.7 Å². The molecule has 46 heavy (non-hydrogen) atoms. The van der Waals surface area contributed by atoms with Gasteiger partial charge in [-0.25, -0.2) is 14.2 Å². The van der Waals surface area contributed by atoms with E-state index < -0.39 is 22.9 Å². The number of imidazole rings is 1. The zero-order chi connectivity index (χ0) is 33.1. The van der Waals surface area contributed by atoms with Crippen LogP contribution >= 0.6 is 11.6 Å². The summed E-state index contributed by atoms with van der Waals surface area (Å²) < 4.78 is 16.1. The van der Waals surface area contributed by atoms with Crippen LogP contribution in [-0.4, -0.2) is 52.5 Å². The Morgan fingerprint density at radius 1 is 1.11 bits per heavy atom. The maximum absolute atomic E-state index is 13.9. The van der Waals surface area contributed by atoms with Gasteiger partial charge in [0.15, 0.2) is 11.2 Å². The van der Waals surface area contributed by atoms with Crippen LogP contribution in [0.15, 0.2) is 52.2 Å². The number of benzene rings is 1. The molecule has 0 bridgehead atoms. The van der Waals surface area contributed by atoms with Crippen molar-refractivity contribution in [3.05, 3.63) is 79.8 Å². The first-order valence-corrected chi connectivity index (χ1v) is 15.2. The third-order valence-electron chi connectivity index (χ3n) is 7.92. The van der Waals surface area contributed by atoms with Crippen molar-refractivity contribution >= 4 is 57.4 Å². The van der Waals surface area contributed by atoms with Gasteiger partial charge >= 0.3 is 17.8 Å². The van der Waals surface area contributed by atoms with Gasteiger partial charge in [0.05, 0.1) is 30.3 Å². The van der Waals surface area contributed by atoms with Crippen LogP contribution in [0.2, 0.25) is 5.02 Å². The molecule has 0 amide bonds. The molecule has 4 aromatic heterocycles. The zero-order valence-corrected chi connectivity index (χ0v) is 27.1. The SMILES string of the molecule is CCOC(=O)C1CC1c1cc(Nc2nc3c(c(=O)n(Cc4cc5c(Cl)cccc5n4C(=O)OC(C)(C)C)c(=O)n3C)n2C)ccn1. The number of ether oxygens (including phenoxy) is 2. The lowest BCUT2D eigenvalue weighted by Gasteiger charge is -2.21. The van der Waals surface area contributed by atoms with Crippen molar-refractivity contribution in [2.24, 2.45) is 20.0 Å². The maximum atomic E-state index is 13.9. The number of nitrogens with zero attached hydrogens (tertiary/aromatic N) is 6. The third-order valence-corrected chi connectivity index (χ3v) is 8.25. The Kier molecular flexibility index (Phi) is 7.75. The van der Waals surface area contributed by atoms with Crippen molar-refractivity contribution in [3.8, 4) is 0 Å². The molecule has 1 aliphatic carbocycles. The topological polar surface area (TPSA) is 144 Å². The largest absolute Gasteiger partial charge is 0.466 e. The molecule has 0 saturated heterocycles. The number of fused-ring (bicyclic) bond motifs is 2. The highest BCUT2D eigenvalue weighted by Gasteiger charge is 2.46.